The number of hydrogen-bond acceptors (Lipinski definition) is 8. The van der Waals surface area contributed by atoms with Crippen LogP contribution in [0.1, 0.15) is 5.56 Å². The first-order valence-corrected chi connectivity index (χ1v) is 9.36. The summed E-state index contributed by atoms with van der Waals surface area (Å²) in [5.74, 6) is 0.0395. The molecule has 0 fully saturated rings. The maximum atomic E-state index is 12.9. The van der Waals surface area contributed by atoms with Gasteiger partial charge in [0.05, 0.1) is 28.4 Å². The van der Waals surface area contributed by atoms with Gasteiger partial charge in [-0.2, -0.15) is 8.42 Å². The van der Waals surface area contributed by atoms with Crippen molar-refractivity contribution in [2.24, 2.45) is 0 Å². The van der Waals surface area contributed by atoms with Crippen LogP contribution >= 0.6 is 0 Å². The summed E-state index contributed by atoms with van der Waals surface area (Å²) in [6, 6.07) is 8.98. The van der Waals surface area contributed by atoms with Crippen LogP contribution in [0.25, 0.3) is 6.08 Å². The predicted molar refractivity (Wildman–Crippen MR) is 101 cm³/mol. The van der Waals surface area contributed by atoms with Crippen LogP contribution in [0.2, 0.25) is 0 Å². The largest absolute Gasteiger partial charge is 0.497 e. The minimum atomic E-state index is -4.29. The topological polar surface area (TPSA) is 97.4 Å². The van der Waals surface area contributed by atoms with Gasteiger partial charge in [0, 0.05) is 12.1 Å². The molecule has 0 unspecified atom stereocenters. The highest BCUT2D eigenvalue weighted by Crippen LogP contribution is 2.37. The van der Waals surface area contributed by atoms with Crippen LogP contribution in [0, 0.1) is 0 Å². The fraction of sp³-hybridized carbons (Fsp3) is 0.211. The average Bonchev–Trinajstić information content (AvgIpc) is 2.70. The highest BCUT2D eigenvalue weighted by Gasteiger charge is 2.26. The molecule has 28 heavy (non-hydrogen) atoms. The lowest BCUT2D eigenvalue weighted by molar-refractivity contribution is -0.134. The molecule has 2 aromatic rings. The van der Waals surface area contributed by atoms with E-state index in [9.17, 15) is 13.2 Å². The first-order valence-electron chi connectivity index (χ1n) is 7.95. The molecule has 0 spiro atoms. The van der Waals surface area contributed by atoms with Gasteiger partial charge in [-0.15, -0.1) is 0 Å². The van der Waals surface area contributed by atoms with Gasteiger partial charge in [-0.25, -0.2) is 4.79 Å². The zero-order valence-corrected chi connectivity index (χ0v) is 16.6. The molecule has 0 saturated carbocycles. The van der Waals surface area contributed by atoms with Gasteiger partial charge < -0.3 is 23.1 Å². The number of esters is 1. The Morgan fingerprint density at radius 1 is 0.929 bits per heavy atom. The fourth-order valence-electron chi connectivity index (χ4n) is 2.29. The molecule has 0 atom stereocenters. The van der Waals surface area contributed by atoms with Crippen LogP contribution in [0.15, 0.2) is 47.4 Å². The molecule has 2 rings (SSSR count). The minimum absolute atomic E-state index is 0.0272. The second-order valence-electron chi connectivity index (χ2n) is 5.33. The Morgan fingerprint density at radius 2 is 1.64 bits per heavy atom. The number of rotatable bonds is 8. The molecular formula is C19H20O8S. The van der Waals surface area contributed by atoms with Gasteiger partial charge in [0.2, 0.25) is 0 Å². The lowest BCUT2D eigenvalue weighted by atomic mass is 10.2. The Morgan fingerprint density at radius 3 is 2.25 bits per heavy atom. The maximum Gasteiger partial charge on any atom is 0.343 e. The summed E-state index contributed by atoms with van der Waals surface area (Å²) >= 11 is 0. The highest BCUT2D eigenvalue weighted by atomic mass is 32.2. The van der Waals surface area contributed by atoms with Crippen molar-refractivity contribution < 1.29 is 36.3 Å². The van der Waals surface area contributed by atoms with Crippen LogP contribution in [0.5, 0.6) is 23.0 Å². The summed E-state index contributed by atoms with van der Waals surface area (Å²) in [5, 5.41) is 0. The van der Waals surface area contributed by atoms with E-state index in [4.69, 9.17) is 18.4 Å². The Balaban J connectivity index is 2.53. The number of methoxy groups -OCH3 is 4. The molecule has 150 valence electrons. The molecule has 0 aliphatic heterocycles. The molecule has 0 aromatic heterocycles. The van der Waals surface area contributed by atoms with Gasteiger partial charge >= 0.3 is 16.1 Å². The predicted octanol–water partition coefficient (Wildman–Crippen LogP) is 2.67. The minimum Gasteiger partial charge on any atom is -0.497 e. The number of carbonyl (C=O) groups is 1. The van der Waals surface area contributed by atoms with Gasteiger partial charge in [-0.05, 0) is 35.9 Å². The summed E-state index contributed by atoms with van der Waals surface area (Å²) in [6.45, 7) is 0. The molecule has 2 aromatic carbocycles. The van der Waals surface area contributed by atoms with Crippen molar-refractivity contribution >= 4 is 22.2 Å². The number of benzene rings is 2. The summed E-state index contributed by atoms with van der Waals surface area (Å²) < 4.78 is 51.0. The standard InChI is InChI=1S/C19H20O8S/c1-23-14-6-5-7-15(12-14)27-28(21,22)17-11-13(8-9-18(20)25-3)10-16(24-2)19(17)26-4/h5-12H,1-4H3/b9-8+. The molecule has 9 heteroatoms. The highest BCUT2D eigenvalue weighted by molar-refractivity contribution is 7.87. The second-order valence-corrected chi connectivity index (χ2v) is 6.84. The fourth-order valence-corrected chi connectivity index (χ4v) is 3.43. The van der Waals surface area contributed by atoms with Crippen LogP contribution < -0.4 is 18.4 Å². The third-order valence-corrected chi connectivity index (χ3v) is 4.85. The first-order chi connectivity index (χ1) is 13.3. The van der Waals surface area contributed by atoms with E-state index >= 15 is 0 Å². The third-order valence-electron chi connectivity index (χ3n) is 3.60. The SMILES string of the molecule is COC(=O)/C=C/c1cc(OC)c(OC)c(S(=O)(=O)Oc2cccc(OC)c2)c1. The van der Waals surface area contributed by atoms with Gasteiger partial charge in [0.25, 0.3) is 0 Å². The maximum absolute atomic E-state index is 12.9. The van der Waals surface area contributed by atoms with Crippen molar-refractivity contribution in [1.29, 1.82) is 0 Å². The normalized spacial score (nSPS) is 11.1. The molecular weight excluding hydrogens is 388 g/mol. The van der Waals surface area contributed by atoms with E-state index in [1.807, 2.05) is 0 Å². The van der Waals surface area contributed by atoms with E-state index in [0.29, 0.717) is 11.3 Å². The van der Waals surface area contributed by atoms with E-state index in [2.05, 4.69) is 4.74 Å². The van der Waals surface area contributed by atoms with Crippen molar-refractivity contribution in [2.75, 3.05) is 28.4 Å². The van der Waals surface area contributed by atoms with E-state index < -0.39 is 16.1 Å². The third kappa shape index (κ3) is 4.95. The number of carbonyl (C=O) groups excluding carboxylic acids is 1. The van der Waals surface area contributed by atoms with Gasteiger partial charge in [-0.1, -0.05) is 6.07 Å². The van der Waals surface area contributed by atoms with Crippen molar-refractivity contribution in [3.8, 4) is 23.0 Å². The Hall–Kier alpha value is -3.20. The lowest BCUT2D eigenvalue weighted by Gasteiger charge is -2.15. The van der Waals surface area contributed by atoms with Gasteiger partial charge in [0.1, 0.15) is 11.5 Å². The average molecular weight is 408 g/mol. The number of ether oxygens (including phenoxy) is 4. The zero-order valence-electron chi connectivity index (χ0n) is 15.8. The Kier molecular flexibility index (Phi) is 6.89. The van der Waals surface area contributed by atoms with Crippen LogP contribution in [0.3, 0.4) is 0 Å². The smallest absolute Gasteiger partial charge is 0.343 e. The summed E-state index contributed by atoms with van der Waals surface area (Å²) in [4.78, 5) is 11.1. The van der Waals surface area contributed by atoms with E-state index in [-0.39, 0.29) is 22.1 Å². The van der Waals surface area contributed by atoms with E-state index in [0.717, 1.165) is 6.08 Å². The molecule has 0 bridgehead atoms. The van der Waals surface area contributed by atoms with Crippen molar-refractivity contribution in [3.63, 3.8) is 0 Å². The Bertz CT molecular complexity index is 979. The van der Waals surface area contributed by atoms with Crippen molar-refractivity contribution in [1.82, 2.24) is 0 Å². The van der Waals surface area contributed by atoms with Gasteiger partial charge in [0.15, 0.2) is 16.4 Å². The van der Waals surface area contributed by atoms with Crippen molar-refractivity contribution in [3.05, 3.63) is 48.0 Å². The van der Waals surface area contributed by atoms with Crippen LogP contribution in [0.4, 0.5) is 0 Å². The number of hydrogen-bond donors (Lipinski definition) is 0. The molecule has 0 saturated heterocycles. The molecule has 0 radical (unpaired) electrons. The zero-order chi connectivity index (χ0) is 20.7. The molecule has 0 aliphatic carbocycles. The Labute approximate surface area is 163 Å². The van der Waals surface area contributed by atoms with Crippen LogP contribution in [-0.2, 0) is 19.6 Å². The quantitative estimate of drug-likeness (QED) is 0.374. The summed E-state index contributed by atoms with van der Waals surface area (Å²) in [6.07, 6.45) is 2.54. The lowest BCUT2D eigenvalue weighted by Crippen LogP contribution is -2.12. The molecule has 0 amide bonds. The monoisotopic (exact) mass is 408 g/mol. The van der Waals surface area contributed by atoms with Crippen LogP contribution in [-0.4, -0.2) is 42.8 Å². The summed E-state index contributed by atoms with van der Waals surface area (Å²) in [5.41, 5.74) is 0.371. The molecule has 0 N–H and O–H groups in total. The van der Waals surface area contributed by atoms with E-state index in [1.165, 1.54) is 58.8 Å². The molecule has 0 aliphatic rings. The first kappa shape index (κ1) is 21.1. The molecule has 8 nitrogen and oxygen atoms in total. The van der Waals surface area contributed by atoms with Gasteiger partial charge in [-0.3, -0.25) is 0 Å². The summed E-state index contributed by atoms with van der Waals surface area (Å²) in [7, 11) is 1.08. The second kappa shape index (κ2) is 9.14. The van der Waals surface area contributed by atoms with Crippen molar-refractivity contribution in [2.45, 2.75) is 4.90 Å². The van der Waals surface area contributed by atoms with E-state index in [1.54, 1.807) is 12.1 Å². The molecule has 0 heterocycles.